The summed E-state index contributed by atoms with van der Waals surface area (Å²) in [5.74, 6) is 0.193. The molecule has 5 nitrogen and oxygen atoms in total. The number of halogens is 3. The average molecular weight is 607 g/mol. The Kier molecular flexibility index (Phi) is 7.75. The van der Waals surface area contributed by atoms with Gasteiger partial charge in [0.15, 0.2) is 11.5 Å². The van der Waals surface area contributed by atoms with E-state index in [9.17, 15) is 14.0 Å². The number of amides is 2. The Morgan fingerprint density at radius 1 is 1.03 bits per heavy atom. The van der Waals surface area contributed by atoms with Gasteiger partial charge in [-0.2, -0.15) is 0 Å². The number of thioether (sulfide) groups is 1. The Morgan fingerprint density at radius 3 is 2.56 bits per heavy atom. The fourth-order valence-electron chi connectivity index (χ4n) is 3.33. The van der Waals surface area contributed by atoms with Crippen LogP contribution < -0.4 is 9.47 Å². The molecule has 9 heteroatoms. The normalized spacial score (nSPS) is 14.7. The molecule has 0 aromatic heterocycles. The second kappa shape index (κ2) is 10.8. The lowest BCUT2D eigenvalue weighted by Crippen LogP contribution is -2.27. The largest absolute Gasteiger partial charge is 0.493 e. The second-order valence-electron chi connectivity index (χ2n) is 7.31. The molecule has 1 heterocycles. The van der Waals surface area contributed by atoms with Crippen LogP contribution in [0.2, 0.25) is 0 Å². The van der Waals surface area contributed by atoms with E-state index in [4.69, 9.17) is 9.47 Å². The molecule has 3 aromatic carbocycles. The van der Waals surface area contributed by atoms with Crippen LogP contribution in [-0.2, 0) is 17.9 Å². The Labute approximate surface area is 217 Å². The van der Waals surface area contributed by atoms with Crippen LogP contribution in [0.4, 0.5) is 9.18 Å². The van der Waals surface area contributed by atoms with Crippen LogP contribution in [0.3, 0.4) is 0 Å². The van der Waals surface area contributed by atoms with Crippen molar-refractivity contribution in [3.8, 4) is 11.5 Å². The molecule has 0 spiro atoms. The summed E-state index contributed by atoms with van der Waals surface area (Å²) in [4.78, 5) is 27.0. The molecular weight excluding hydrogens is 589 g/mol. The van der Waals surface area contributed by atoms with E-state index in [1.807, 2.05) is 24.3 Å². The lowest BCUT2D eigenvalue weighted by atomic mass is 10.1. The monoisotopic (exact) mass is 605 g/mol. The summed E-state index contributed by atoms with van der Waals surface area (Å²) in [5.41, 5.74) is 2.18. The molecule has 3 aromatic rings. The van der Waals surface area contributed by atoms with Gasteiger partial charge in [0.2, 0.25) is 0 Å². The van der Waals surface area contributed by atoms with Crippen LogP contribution in [0, 0.1) is 5.82 Å². The van der Waals surface area contributed by atoms with Gasteiger partial charge in [0.1, 0.15) is 12.4 Å². The number of rotatable bonds is 7. The molecule has 2 amide bonds. The van der Waals surface area contributed by atoms with Gasteiger partial charge >= 0.3 is 0 Å². The number of benzene rings is 3. The van der Waals surface area contributed by atoms with E-state index in [1.165, 1.54) is 24.1 Å². The quantitative estimate of drug-likeness (QED) is 0.267. The third-order valence-electron chi connectivity index (χ3n) is 4.98. The molecule has 0 radical (unpaired) electrons. The lowest BCUT2D eigenvalue weighted by molar-refractivity contribution is -0.123. The minimum absolute atomic E-state index is 0.153. The van der Waals surface area contributed by atoms with E-state index < -0.39 is 0 Å². The molecule has 0 N–H and O–H groups in total. The first-order chi connectivity index (χ1) is 16.4. The van der Waals surface area contributed by atoms with Crippen LogP contribution in [0.15, 0.2) is 74.5 Å². The van der Waals surface area contributed by atoms with Crippen molar-refractivity contribution in [3.63, 3.8) is 0 Å². The lowest BCUT2D eigenvalue weighted by Gasteiger charge is -2.14. The van der Waals surface area contributed by atoms with Crippen molar-refractivity contribution >= 4 is 60.8 Å². The first-order valence-corrected chi connectivity index (χ1v) is 12.5. The van der Waals surface area contributed by atoms with Gasteiger partial charge in [0.25, 0.3) is 11.1 Å². The molecule has 0 atom stereocenters. The van der Waals surface area contributed by atoms with Gasteiger partial charge in [-0.25, -0.2) is 4.39 Å². The third kappa shape index (κ3) is 5.54. The predicted molar refractivity (Wildman–Crippen MR) is 137 cm³/mol. The van der Waals surface area contributed by atoms with Crippen molar-refractivity contribution in [2.75, 3.05) is 7.11 Å². The molecular formula is C25H18Br2FNO4S. The number of hydrogen-bond acceptors (Lipinski definition) is 5. The topological polar surface area (TPSA) is 55.8 Å². The van der Waals surface area contributed by atoms with Crippen molar-refractivity contribution in [2.24, 2.45) is 0 Å². The van der Waals surface area contributed by atoms with E-state index in [1.54, 1.807) is 30.3 Å². The first kappa shape index (κ1) is 24.5. The van der Waals surface area contributed by atoms with E-state index >= 15 is 0 Å². The summed E-state index contributed by atoms with van der Waals surface area (Å²) in [6.07, 6.45) is 1.65. The average Bonchev–Trinajstić information content (AvgIpc) is 3.06. The summed E-state index contributed by atoms with van der Waals surface area (Å²) < 4.78 is 26.2. The van der Waals surface area contributed by atoms with Crippen LogP contribution in [0.5, 0.6) is 11.5 Å². The van der Waals surface area contributed by atoms with Crippen LogP contribution in [0.1, 0.15) is 16.7 Å². The molecule has 34 heavy (non-hydrogen) atoms. The Balaban J connectivity index is 1.54. The molecule has 1 fully saturated rings. The van der Waals surface area contributed by atoms with E-state index in [2.05, 4.69) is 31.9 Å². The van der Waals surface area contributed by atoms with Crippen molar-refractivity contribution in [1.29, 1.82) is 0 Å². The van der Waals surface area contributed by atoms with Crippen LogP contribution in [0.25, 0.3) is 6.08 Å². The maximum absolute atomic E-state index is 13.4. The zero-order valence-electron chi connectivity index (χ0n) is 17.9. The Bertz CT molecular complexity index is 1300. The van der Waals surface area contributed by atoms with Gasteiger partial charge in [-0.3, -0.25) is 14.5 Å². The minimum Gasteiger partial charge on any atom is -0.493 e. The summed E-state index contributed by atoms with van der Waals surface area (Å²) in [6.45, 7) is 0.337. The van der Waals surface area contributed by atoms with Crippen molar-refractivity contribution in [3.05, 3.63) is 97.0 Å². The number of imide groups is 1. The van der Waals surface area contributed by atoms with E-state index in [0.717, 1.165) is 21.8 Å². The number of ether oxygens (including phenoxy) is 2. The molecule has 0 unspecified atom stereocenters. The summed E-state index contributed by atoms with van der Waals surface area (Å²) in [6, 6.07) is 17.1. The van der Waals surface area contributed by atoms with Crippen molar-refractivity contribution < 1.29 is 23.5 Å². The Hall–Kier alpha value is -2.62. The summed E-state index contributed by atoms with van der Waals surface area (Å²) in [7, 11) is 1.51. The highest BCUT2D eigenvalue weighted by Gasteiger charge is 2.35. The molecule has 174 valence electrons. The number of nitrogens with zero attached hydrogens (tertiary/aromatic N) is 1. The summed E-state index contributed by atoms with van der Waals surface area (Å²) >= 11 is 7.83. The first-order valence-electron chi connectivity index (χ1n) is 10.1. The predicted octanol–water partition coefficient (Wildman–Crippen LogP) is 7.17. The zero-order valence-corrected chi connectivity index (χ0v) is 21.9. The maximum atomic E-state index is 13.4. The molecule has 1 aliphatic rings. The van der Waals surface area contributed by atoms with Crippen LogP contribution >= 0.6 is 43.6 Å². The molecule has 1 saturated heterocycles. The smallest absolute Gasteiger partial charge is 0.293 e. The van der Waals surface area contributed by atoms with E-state index in [0.29, 0.717) is 32.0 Å². The number of carbonyl (C=O) groups excluding carboxylic acids is 2. The SMILES string of the molecule is COc1cc(/C=C2\SC(=O)N(Cc3ccccc3Br)C2=O)cc(Br)c1OCc1cccc(F)c1. The highest BCUT2D eigenvalue weighted by Crippen LogP contribution is 2.40. The number of methoxy groups -OCH3 is 1. The standard InChI is InChI=1S/C25H18Br2FNO4S/c1-32-21-11-16(10-20(27)23(21)33-14-15-5-4-7-18(28)9-15)12-22-24(30)29(25(31)34-22)13-17-6-2-3-8-19(17)26/h2-12H,13-14H2,1H3/b22-12-. The highest BCUT2D eigenvalue weighted by atomic mass is 79.9. The van der Waals surface area contributed by atoms with Gasteiger partial charge in [-0.1, -0.05) is 46.3 Å². The molecule has 1 aliphatic heterocycles. The molecule has 0 bridgehead atoms. The van der Waals surface area contributed by atoms with Crippen molar-refractivity contribution in [1.82, 2.24) is 4.90 Å². The zero-order chi connectivity index (χ0) is 24.2. The molecule has 0 aliphatic carbocycles. The van der Waals surface area contributed by atoms with Crippen molar-refractivity contribution in [2.45, 2.75) is 13.2 Å². The van der Waals surface area contributed by atoms with Gasteiger partial charge in [0, 0.05) is 4.47 Å². The van der Waals surface area contributed by atoms with Gasteiger partial charge < -0.3 is 9.47 Å². The second-order valence-corrected chi connectivity index (χ2v) is 10.0. The third-order valence-corrected chi connectivity index (χ3v) is 7.25. The van der Waals surface area contributed by atoms with Crippen LogP contribution in [-0.4, -0.2) is 23.2 Å². The number of carbonyl (C=O) groups is 2. The fourth-order valence-corrected chi connectivity index (χ4v) is 5.15. The Morgan fingerprint density at radius 2 is 1.82 bits per heavy atom. The van der Waals surface area contributed by atoms with E-state index in [-0.39, 0.29) is 30.1 Å². The highest BCUT2D eigenvalue weighted by molar-refractivity contribution is 9.10. The minimum atomic E-state index is -0.354. The maximum Gasteiger partial charge on any atom is 0.293 e. The molecule has 0 saturated carbocycles. The number of hydrogen-bond donors (Lipinski definition) is 0. The fraction of sp³-hybridized carbons (Fsp3) is 0.120. The van der Waals surface area contributed by atoms with Gasteiger partial charge in [0.05, 0.1) is 23.0 Å². The van der Waals surface area contributed by atoms with Gasteiger partial charge in [-0.15, -0.1) is 0 Å². The van der Waals surface area contributed by atoms with Gasteiger partial charge in [-0.05, 0) is 80.8 Å². The summed E-state index contributed by atoms with van der Waals surface area (Å²) in [5, 5.41) is -0.326. The molecule has 4 rings (SSSR count).